The quantitative estimate of drug-likeness (QED) is 0.858. The third-order valence-electron chi connectivity index (χ3n) is 3.19. The molecule has 5 heteroatoms. The summed E-state index contributed by atoms with van der Waals surface area (Å²) in [6, 6.07) is 5.54. The average Bonchev–Trinajstić information content (AvgIpc) is 2.38. The van der Waals surface area contributed by atoms with Gasteiger partial charge in [0.1, 0.15) is 5.54 Å². The molecule has 19 heavy (non-hydrogen) atoms. The minimum Gasteiger partial charge on any atom is -0.342 e. The Hall–Kier alpha value is -1.55. The highest BCUT2D eigenvalue weighted by atomic mass is 35.5. The van der Waals surface area contributed by atoms with Crippen LogP contribution in [0.25, 0.3) is 0 Å². The van der Waals surface area contributed by atoms with E-state index in [9.17, 15) is 9.59 Å². The van der Waals surface area contributed by atoms with Crippen LogP contribution in [-0.2, 0) is 9.59 Å². The molecule has 0 atom stereocenters. The van der Waals surface area contributed by atoms with E-state index in [4.69, 9.17) is 11.6 Å². The lowest BCUT2D eigenvalue weighted by Crippen LogP contribution is -2.53. The Kier molecular flexibility index (Phi) is 3.54. The van der Waals surface area contributed by atoms with Crippen molar-refractivity contribution in [3.8, 4) is 0 Å². The van der Waals surface area contributed by atoms with Gasteiger partial charge in [-0.1, -0.05) is 17.7 Å². The third-order valence-corrected chi connectivity index (χ3v) is 3.49. The number of nitrogens with one attached hydrogen (secondary N) is 1. The highest BCUT2D eigenvalue weighted by Crippen LogP contribution is 2.29. The molecule has 1 aliphatic heterocycles. The van der Waals surface area contributed by atoms with Crippen LogP contribution in [0.1, 0.15) is 25.8 Å². The lowest BCUT2D eigenvalue weighted by atomic mass is 10.0. The number of anilines is 1. The molecule has 1 aromatic carbocycles. The van der Waals surface area contributed by atoms with E-state index in [2.05, 4.69) is 5.32 Å². The summed E-state index contributed by atoms with van der Waals surface area (Å²) in [6.45, 7) is 5.69. The Morgan fingerprint density at radius 3 is 2.63 bits per heavy atom. The van der Waals surface area contributed by atoms with Gasteiger partial charge in [0.15, 0.2) is 0 Å². The van der Waals surface area contributed by atoms with Crippen LogP contribution in [0.15, 0.2) is 18.2 Å². The van der Waals surface area contributed by atoms with Crippen LogP contribution in [0.5, 0.6) is 0 Å². The maximum Gasteiger partial charge on any atom is 0.252 e. The molecule has 0 bridgehead atoms. The molecule has 0 aromatic heterocycles. The fourth-order valence-corrected chi connectivity index (χ4v) is 2.51. The van der Waals surface area contributed by atoms with Gasteiger partial charge >= 0.3 is 0 Å². The summed E-state index contributed by atoms with van der Waals surface area (Å²) >= 11 is 6.21. The van der Waals surface area contributed by atoms with E-state index < -0.39 is 5.54 Å². The predicted octanol–water partition coefficient (Wildman–Crippen LogP) is 2.28. The van der Waals surface area contributed by atoms with E-state index in [0.717, 1.165) is 5.56 Å². The predicted molar refractivity (Wildman–Crippen MR) is 75.4 cm³/mol. The standard InChI is InChI=1S/C14H17ClN2O2/c1-9-4-5-11(10(15)8-9)17-7-6-12(18)16-14(2,3)13(17)19/h4-5,8H,6-7H2,1-3H3,(H,16,18). The summed E-state index contributed by atoms with van der Waals surface area (Å²) in [7, 11) is 0. The van der Waals surface area contributed by atoms with Gasteiger partial charge < -0.3 is 10.2 Å². The second kappa shape index (κ2) is 4.85. The number of carbonyl (C=O) groups excluding carboxylic acids is 2. The van der Waals surface area contributed by atoms with Crippen LogP contribution in [0, 0.1) is 6.92 Å². The fraction of sp³-hybridized carbons (Fsp3) is 0.429. The summed E-state index contributed by atoms with van der Waals surface area (Å²) in [5.41, 5.74) is 0.772. The number of amides is 2. The molecule has 0 radical (unpaired) electrons. The number of benzene rings is 1. The van der Waals surface area contributed by atoms with Crippen molar-refractivity contribution in [3.05, 3.63) is 28.8 Å². The van der Waals surface area contributed by atoms with Gasteiger partial charge in [-0.25, -0.2) is 0 Å². The van der Waals surface area contributed by atoms with E-state index in [0.29, 0.717) is 17.3 Å². The molecule has 4 nitrogen and oxygen atoms in total. The zero-order chi connectivity index (χ0) is 14.2. The molecule has 0 unspecified atom stereocenters. The number of hydrogen-bond donors (Lipinski definition) is 1. The first-order chi connectivity index (χ1) is 8.81. The van der Waals surface area contributed by atoms with Crippen LogP contribution < -0.4 is 10.2 Å². The molecule has 1 aromatic rings. The van der Waals surface area contributed by atoms with Gasteiger partial charge in [-0.15, -0.1) is 0 Å². The van der Waals surface area contributed by atoms with Crippen LogP contribution in [0.4, 0.5) is 5.69 Å². The van der Waals surface area contributed by atoms with E-state index in [1.165, 1.54) is 0 Å². The van der Waals surface area contributed by atoms with E-state index in [1.54, 1.807) is 18.7 Å². The van der Waals surface area contributed by atoms with E-state index >= 15 is 0 Å². The minimum absolute atomic E-state index is 0.121. The summed E-state index contributed by atoms with van der Waals surface area (Å²) in [6.07, 6.45) is 0.277. The Labute approximate surface area is 117 Å². The van der Waals surface area contributed by atoms with Crippen molar-refractivity contribution in [3.63, 3.8) is 0 Å². The lowest BCUT2D eigenvalue weighted by Gasteiger charge is -2.29. The van der Waals surface area contributed by atoms with Gasteiger partial charge in [-0.2, -0.15) is 0 Å². The lowest BCUT2D eigenvalue weighted by molar-refractivity contribution is -0.128. The second-order valence-corrected chi connectivity index (χ2v) is 5.74. The molecule has 2 rings (SSSR count). The summed E-state index contributed by atoms with van der Waals surface area (Å²) in [4.78, 5) is 25.7. The molecule has 102 valence electrons. The highest BCUT2D eigenvalue weighted by Gasteiger charge is 2.37. The first-order valence-corrected chi connectivity index (χ1v) is 6.58. The van der Waals surface area contributed by atoms with Crippen molar-refractivity contribution in [1.82, 2.24) is 5.32 Å². The minimum atomic E-state index is -0.915. The van der Waals surface area contributed by atoms with Crippen molar-refractivity contribution in [1.29, 1.82) is 0 Å². The normalized spacial score (nSPS) is 19.1. The van der Waals surface area contributed by atoms with Crippen molar-refractivity contribution in [2.75, 3.05) is 11.4 Å². The van der Waals surface area contributed by atoms with Crippen LogP contribution >= 0.6 is 11.6 Å². The molecule has 1 heterocycles. The Bertz CT molecular complexity index is 540. The fourth-order valence-electron chi connectivity index (χ4n) is 2.18. The smallest absolute Gasteiger partial charge is 0.252 e. The van der Waals surface area contributed by atoms with Gasteiger partial charge in [-0.3, -0.25) is 9.59 Å². The molecular weight excluding hydrogens is 264 g/mol. The van der Waals surface area contributed by atoms with Crippen molar-refractivity contribution in [2.24, 2.45) is 0 Å². The SMILES string of the molecule is Cc1ccc(N2CCC(=O)NC(C)(C)C2=O)c(Cl)c1. The number of aryl methyl sites for hydroxylation is 1. The Balaban J connectivity index is 2.42. The van der Waals surface area contributed by atoms with Gasteiger partial charge in [-0.05, 0) is 38.5 Å². The van der Waals surface area contributed by atoms with Crippen LogP contribution in [0.2, 0.25) is 5.02 Å². The summed E-state index contributed by atoms with van der Waals surface area (Å²) in [5.74, 6) is -0.270. The molecule has 0 spiro atoms. The molecule has 1 aliphatic rings. The second-order valence-electron chi connectivity index (χ2n) is 5.33. The molecule has 1 N–H and O–H groups in total. The van der Waals surface area contributed by atoms with Crippen LogP contribution in [-0.4, -0.2) is 23.9 Å². The van der Waals surface area contributed by atoms with Crippen molar-refractivity contribution < 1.29 is 9.59 Å². The largest absolute Gasteiger partial charge is 0.342 e. The zero-order valence-electron chi connectivity index (χ0n) is 11.3. The number of carbonyl (C=O) groups is 2. The average molecular weight is 281 g/mol. The molecular formula is C14H17ClN2O2. The zero-order valence-corrected chi connectivity index (χ0v) is 12.0. The van der Waals surface area contributed by atoms with E-state index in [1.807, 2.05) is 25.1 Å². The molecule has 0 saturated carbocycles. The monoisotopic (exact) mass is 280 g/mol. The van der Waals surface area contributed by atoms with Gasteiger partial charge in [0.05, 0.1) is 10.7 Å². The topological polar surface area (TPSA) is 49.4 Å². The molecule has 1 fully saturated rings. The number of halogens is 1. The first kappa shape index (κ1) is 13.9. The number of nitrogens with zero attached hydrogens (tertiary/aromatic N) is 1. The first-order valence-electron chi connectivity index (χ1n) is 6.20. The number of rotatable bonds is 1. The van der Waals surface area contributed by atoms with Gasteiger partial charge in [0.2, 0.25) is 5.91 Å². The Morgan fingerprint density at radius 1 is 1.32 bits per heavy atom. The maximum absolute atomic E-state index is 12.5. The van der Waals surface area contributed by atoms with Crippen molar-refractivity contribution in [2.45, 2.75) is 32.7 Å². The van der Waals surface area contributed by atoms with E-state index in [-0.39, 0.29) is 18.2 Å². The summed E-state index contributed by atoms with van der Waals surface area (Å²) < 4.78 is 0. The molecule has 2 amide bonds. The maximum atomic E-state index is 12.5. The molecule has 0 aliphatic carbocycles. The van der Waals surface area contributed by atoms with Crippen molar-refractivity contribution >= 4 is 29.1 Å². The molecule has 1 saturated heterocycles. The Morgan fingerprint density at radius 2 is 2.00 bits per heavy atom. The third kappa shape index (κ3) is 2.73. The van der Waals surface area contributed by atoms with Gasteiger partial charge in [0, 0.05) is 13.0 Å². The van der Waals surface area contributed by atoms with Gasteiger partial charge in [0.25, 0.3) is 5.91 Å². The number of hydrogen-bond acceptors (Lipinski definition) is 2. The summed E-state index contributed by atoms with van der Waals surface area (Å²) in [5, 5.41) is 3.25. The highest BCUT2D eigenvalue weighted by molar-refractivity contribution is 6.34. The van der Waals surface area contributed by atoms with Crippen LogP contribution in [0.3, 0.4) is 0 Å².